The molecule has 6 heteroatoms. The van der Waals surface area contributed by atoms with E-state index >= 15 is 0 Å². The summed E-state index contributed by atoms with van der Waals surface area (Å²) in [6.45, 7) is 0. The molecule has 0 saturated carbocycles. The second-order valence-electron chi connectivity index (χ2n) is 3.33. The molecule has 0 radical (unpaired) electrons. The van der Waals surface area contributed by atoms with Gasteiger partial charge in [0.25, 0.3) is 0 Å². The van der Waals surface area contributed by atoms with E-state index in [-0.39, 0.29) is 6.42 Å². The maximum absolute atomic E-state index is 10.6. The average molecular weight is 288 g/mol. The zero-order chi connectivity index (χ0) is 12.4. The lowest BCUT2D eigenvalue weighted by atomic mass is 10.2. The molecule has 0 atom stereocenters. The number of rotatable bonds is 3. The van der Waals surface area contributed by atoms with Crippen molar-refractivity contribution in [3.8, 4) is 10.6 Å². The summed E-state index contributed by atoms with van der Waals surface area (Å²) in [4.78, 5) is 15.4. The summed E-state index contributed by atoms with van der Waals surface area (Å²) in [5.74, 6) is -0.866. The Morgan fingerprint density at radius 2 is 2.12 bits per heavy atom. The molecule has 0 aliphatic heterocycles. The van der Waals surface area contributed by atoms with Crippen molar-refractivity contribution in [1.82, 2.24) is 4.98 Å². The first kappa shape index (κ1) is 12.4. The summed E-state index contributed by atoms with van der Waals surface area (Å²) in [5.41, 5.74) is 0.834. The molecular weight excluding hydrogens is 281 g/mol. The lowest BCUT2D eigenvalue weighted by Crippen LogP contribution is -1.97. The molecule has 1 aromatic carbocycles. The molecule has 88 valence electrons. The monoisotopic (exact) mass is 287 g/mol. The quantitative estimate of drug-likeness (QED) is 0.935. The van der Waals surface area contributed by atoms with Gasteiger partial charge in [-0.2, -0.15) is 0 Å². The first-order chi connectivity index (χ1) is 8.06. The number of aliphatic carboxylic acids is 1. The van der Waals surface area contributed by atoms with Crippen molar-refractivity contribution in [2.45, 2.75) is 6.42 Å². The fourth-order valence-corrected chi connectivity index (χ4v) is 2.50. The summed E-state index contributed by atoms with van der Waals surface area (Å²) < 4.78 is 0. The van der Waals surface area contributed by atoms with Gasteiger partial charge < -0.3 is 5.11 Å². The normalized spacial score (nSPS) is 10.5. The van der Waals surface area contributed by atoms with E-state index in [0.29, 0.717) is 14.9 Å². The molecular formula is C11H7Cl2NO2S. The van der Waals surface area contributed by atoms with Crippen LogP contribution in [-0.4, -0.2) is 16.1 Å². The molecule has 3 nitrogen and oxygen atoms in total. The van der Waals surface area contributed by atoms with Gasteiger partial charge in [-0.25, -0.2) is 4.98 Å². The van der Waals surface area contributed by atoms with Gasteiger partial charge in [-0.3, -0.25) is 4.79 Å². The Bertz CT molecular complexity index is 568. The molecule has 1 heterocycles. The molecule has 0 amide bonds. The Hall–Kier alpha value is -1.10. The summed E-state index contributed by atoms with van der Waals surface area (Å²) in [6, 6.07) is 5.21. The van der Waals surface area contributed by atoms with Crippen LogP contribution in [0.25, 0.3) is 10.6 Å². The molecule has 0 aliphatic rings. The van der Waals surface area contributed by atoms with E-state index in [1.54, 1.807) is 24.4 Å². The van der Waals surface area contributed by atoms with Crippen molar-refractivity contribution >= 4 is 40.5 Å². The topological polar surface area (TPSA) is 50.2 Å². The Labute approximate surface area is 112 Å². The molecule has 0 aliphatic carbocycles. The van der Waals surface area contributed by atoms with Gasteiger partial charge in [0, 0.05) is 16.6 Å². The number of nitrogens with zero attached hydrogens (tertiary/aromatic N) is 1. The second-order valence-corrected chi connectivity index (χ2v) is 5.26. The second kappa shape index (κ2) is 5.04. The number of hydrogen-bond acceptors (Lipinski definition) is 3. The van der Waals surface area contributed by atoms with Crippen molar-refractivity contribution in [2.75, 3.05) is 0 Å². The number of hydrogen-bond donors (Lipinski definition) is 1. The van der Waals surface area contributed by atoms with Crippen LogP contribution in [0.4, 0.5) is 0 Å². The smallest absolute Gasteiger partial charge is 0.308 e. The molecule has 2 aromatic rings. The van der Waals surface area contributed by atoms with E-state index in [9.17, 15) is 4.79 Å². The third-order valence-electron chi connectivity index (χ3n) is 2.05. The summed E-state index contributed by atoms with van der Waals surface area (Å²) in [6.07, 6.45) is 1.55. The van der Waals surface area contributed by atoms with Crippen LogP contribution in [0.1, 0.15) is 4.88 Å². The van der Waals surface area contributed by atoms with Crippen molar-refractivity contribution in [1.29, 1.82) is 0 Å². The van der Waals surface area contributed by atoms with Crippen LogP contribution in [0.2, 0.25) is 10.0 Å². The average Bonchev–Trinajstić information content (AvgIpc) is 2.69. The Morgan fingerprint density at radius 3 is 2.76 bits per heavy atom. The van der Waals surface area contributed by atoms with Gasteiger partial charge in [0.1, 0.15) is 5.01 Å². The third kappa shape index (κ3) is 2.97. The van der Waals surface area contributed by atoms with E-state index in [2.05, 4.69) is 4.98 Å². The standard InChI is InChI=1S/C11H7Cl2NO2S/c12-8-2-1-6(3-9(8)13)11-14-5-7(17-11)4-10(15)16/h1-3,5H,4H2,(H,15,16). The lowest BCUT2D eigenvalue weighted by molar-refractivity contribution is -0.136. The van der Waals surface area contributed by atoms with E-state index in [1.165, 1.54) is 11.3 Å². The van der Waals surface area contributed by atoms with Gasteiger partial charge in [-0.15, -0.1) is 11.3 Å². The fraction of sp³-hybridized carbons (Fsp3) is 0.0909. The highest BCUT2D eigenvalue weighted by Crippen LogP contribution is 2.30. The first-order valence-corrected chi connectivity index (χ1v) is 6.25. The minimum atomic E-state index is -0.866. The molecule has 1 aromatic heterocycles. The Balaban J connectivity index is 2.30. The van der Waals surface area contributed by atoms with Crippen molar-refractivity contribution in [3.63, 3.8) is 0 Å². The van der Waals surface area contributed by atoms with Gasteiger partial charge in [0.15, 0.2) is 0 Å². The van der Waals surface area contributed by atoms with Crippen LogP contribution in [0.15, 0.2) is 24.4 Å². The van der Waals surface area contributed by atoms with E-state index in [4.69, 9.17) is 28.3 Å². The number of benzene rings is 1. The van der Waals surface area contributed by atoms with Gasteiger partial charge in [-0.05, 0) is 12.1 Å². The molecule has 17 heavy (non-hydrogen) atoms. The van der Waals surface area contributed by atoms with Crippen LogP contribution in [0.5, 0.6) is 0 Å². The summed E-state index contributed by atoms with van der Waals surface area (Å²) in [5, 5.41) is 10.3. The fourth-order valence-electron chi connectivity index (χ4n) is 1.30. The maximum Gasteiger partial charge on any atom is 0.308 e. The molecule has 2 rings (SSSR count). The SMILES string of the molecule is O=C(O)Cc1cnc(-c2ccc(Cl)c(Cl)c2)s1. The van der Waals surface area contributed by atoms with Crippen LogP contribution in [-0.2, 0) is 11.2 Å². The van der Waals surface area contributed by atoms with E-state index < -0.39 is 5.97 Å². The van der Waals surface area contributed by atoms with Crippen molar-refractivity contribution in [3.05, 3.63) is 39.3 Å². The predicted molar refractivity (Wildman–Crippen MR) is 68.9 cm³/mol. The van der Waals surface area contributed by atoms with Crippen molar-refractivity contribution < 1.29 is 9.90 Å². The van der Waals surface area contributed by atoms with Crippen LogP contribution in [0.3, 0.4) is 0 Å². The number of halogens is 2. The van der Waals surface area contributed by atoms with Gasteiger partial charge >= 0.3 is 5.97 Å². The van der Waals surface area contributed by atoms with Gasteiger partial charge in [-0.1, -0.05) is 29.3 Å². The summed E-state index contributed by atoms with van der Waals surface area (Å²) >= 11 is 13.1. The molecule has 0 bridgehead atoms. The molecule has 1 N–H and O–H groups in total. The number of carboxylic acid groups (broad SMARTS) is 1. The van der Waals surface area contributed by atoms with Crippen LogP contribution in [0, 0.1) is 0 Å². The molecule has 0 fully saturated rings. The molecule has 0 unspecified atom stereocenters. The highest BCUT2D eigenvalue weighted by molar-refractivity contribution is 7.15. The molecule has 0 spiro atoms. The number of aromatic nitrogens is 1. The zero-order valence-electron chi connectivity index (χ0n) is 8.48. The maximum atomic E-state index is 10.6. The number of carbonyl (C=O) groups is 1. The highest BCUT2D eigenvalue weighted by atomic mass is 35.5. The summed E-state index contributed by atoms with van der Waals surface area (Å²) in [7, 11) is 0. The van der Waals surface area contributed by atoms with Crippen LogP contribution < -0.4 is 0 Å². The minimum Gasteiger partial charge on any atom is -0.481 e. The number of carboxylic acids is 1. The van der Waals surface area contributed by atoms with Gasteiger partial charge in [0.05, 0.1) is 16.5 Å². The lowest BCUT2D eigenvalue weighted by Gasteiger charge is -1.98. The largest absolute Gasteiger partial charge is 0.481 e. The van der Waals surface area contributed by atoms with E-state index in [0.717, 1.165) is 10.6 Å². The van der Waals surface area contributed by atoms with Crippen LogP contribution >= 0.6 is 34.5 Å². The Kier molecular flexibility index (Phi) is 3.66. The van der Waals surface area contributed by atoms with E-state index in [1.807, 2.05) is 0 Å². The third-order valence-corrected chi connectivity index (χ3v) is 3.83. The predicted octanol–water partition coefficient (Wildman–Crippen LogP) is 3.74. The van der Waals surface area contributed by atoms with Crippen molar-refractivity contribution in [2.24, 2.45) is 0 Å². The first-order valence-electron chi connectivity index (χ1n) is 4.68. The Morgan fingerprint density at radius 1 is 1.35 bits per heavy atom. The highest BCUT2D eigenvalue weighted by Gasteiger charge is 2.09. The number of thiazole rings is 1. The minimum absolute atomic E-state index is 0.0149. The van der Waals surface area contributed by atoms with Gasteiger partial charge in [0.2, 0.25) is 0 Å². The molecule has 0 saturated heterocycles. The zero-order valence-corrected chi connectivity index (χ0v) is 10.8.